The summed E-state index contributed by atoms with van der Waals surface area (Å²) < 4.78 is 12.7. The molecule has 1 aliphatic rings. The van der Waals surface area contributed by atoms with E-state index in [4.69, 9.17) is 21.1 Å². The summed E-state index contributed by atoms with van der Waals surface area (Å²) in [6.07, 6.45) is 0. The van der Waals surface area contributed by atoms with E-state index < -0.39 is 0 Å². The number of rotatable bonds is 5. The van der Waals surface area contributed by atoms with Gasteiger partial charge in [0, 0.05) is 32.2 Å². The van der Waals surface area contributed by atoms with Gasteiger partial charge in [0.1, 0.15) is 11.3 Å². The number of morpholine rings is 1. The number of pyridine rings is 1. The number of fused-ring (bicyclic) bond motifs is 1. The second-order valence-corrected chi connectivity index (χ2v) is 5.23. The fourth-order valence-corrected chi connectivity index (χ4v) is 2.75. The Morgan fingerprint density at radius 3 is 2.76 bits per heavy atom. The van der Waals surface area contributed by atoms with Gasteiger partial charge in [-0.2, -0.15) is 4.98 Å². The highest BCUT2D eigenvalue weighted by Crippen LogP contribution is 2.19. The summed E-state index contributed by atoms with van der Waals surface area (Å²) in [6.45, 7) is 5.31. The zero-order valence-corrected chi connectivity index (χ0v) is 12.8. The van der Waals surface area contributed by atoms with Gasteiger partial charge in [-0.25, -0.2) is 4.98 Å². The van der Waals surface area contributed by atoms with Crippen molar-refractivity contribution in [2.75, 3.05) is 40.0 Å². The van der Waals surface area contributed by atoms with Crippen molar-refractivity contribution >= 4 is 22.8 Å². The van der Waals surface area contributed by atoms with Gasteiger partial charge in [-0.05, 0) is 6.07 Å². The monoisotopic (exact) mass is 310 g/mol. The smallest absolute Gasteiger partial charge is 0.215 e. The second kappa shape index (κ2) is 6.60. The molecular weight excluding hydrogens is 292 g/mol. The van der Waals surface area contributed by atoms with Gasteiger partial charge in [0.05, 0.1) is 26.2 Å². The molecule has 114 valence electrons. The molecule has 0 N–H and O–H groups in total. The molecule has 0 bridgehead atoms. The number of aromatic nitrogens is 3. The van der Waals surface area contributed by atoms with Crippen LogP contribution in [-0.2, 0) is 17.2 Å². The molecule has 1 fully saturated rings. The molecule has 0 aliphatic carbocycles. The van der Waals surface area contributed by atoms with Crippen molar-refractivity contribution in [1.29, 1.82) is 0 Å². The molecular formula is C14H19ClN4O2. The average molecular weight is 311 g/mol. The maximum Gasteiger partial charge on any atom is 0.215 e. The van der Waals surface area contributed by atoms with E-state index in [9.17, 15) is 0 Å². The predicted octanol–water partition coefficient (Wildman–Crippen LogP) is 1.51. The molecule has 3 heterocycles. The lowest BCUT2D eigenvalue weighted by atomic mass is 10.4. The van der Waals surface area contributed by atoms with Crippen LogP contribution in [0, 0.1) is 0 Å². The number of nitrogens with zero attached hydrogens (tertiary/aromatic N) is 4. The van der Waals surface area contributed by atoms with E-state index >= 15 is 0 Å². The van der Waals surface area contributed by atoms with Crippen LogP contribution in [0.5, 0.6) is 5.88 Å². The Labute approximate surface area is 128 Å². The Bertz CT molecular complexity index is 610. The number of ether oxygens (including phenoxy) is 2. The van der Waals surface area contributed by atoms with Crippen LogP contribution in [0.25, 0.3) is 11.2 Å². The molecule has 0 radical (unpaired) electrons. The van der Waals surface area contributed by atoms with Crippen LogP contribution in [0.3, 0.4) is 0 Å². The fraction of sp³-hybridized carbons (Fsp3) is 0.571. The van der Waals surface area contributed by atoms with Crippen molar-refractivity contribution in [3.05, 3.63) is 18.0 Å². The first-order valence-electron chi connectivity index (χ1n) is 7.08. The minimum Gasteiger partial charge on any atom is -0.481 e. The normalized spacial score (nSPS) is 16.5. The number of imidazole rings is 1. The minimum absolute atomic E-state index is 0.377. The zero-order chi connectivity index (χ0) is 14.7. The Balaban J connectivity index is 1.84. The van der Waals surface area contributed by atoms with Crippen LogP contribution in [-0.4, -0.2) is 59.4 Å². The van der Waals surface area contributed by atoms with Crippen molar-refractivity contribution in [3.63, 3.8) is 0 Å². The molecule has 0 aromatic carbocycles. The van der Waals surface area contributed by atoms with E-state index in [-0.39, 0.29) is 0 Å². The lowest BCUT2D eigenvalue weighted by Crippen LogP contribution is -2.38. The molecule has 0 amide bonds. The molecule has 0 spiro atoms. The first-order chi connectivity index (χ1) is 10.3. The summed E-state index contributed by atoms with van der Waals surface area (Å²) in [5.41, 5.74) is 1.69. The molecule has 2 aromatic rings. The average Bonchev–Trinajstić information content (AvgIpc) is 2.90. The van der Waals surface area contributed by atoms with E-state index in [0.717, 1.165) is 56.4 Å². The Morgan fingerprint density at radius 1 is 1.24 bits per heavy atom. The van der Waals surface area contributed by atoms with Crippen LogP contribution < -0.4 is 4.74 Å². The SMILES string of the molecule is COc1ccc2nc(CCl)n(CCN3CCOCC3)c2n1. The maximum atomic E-state index is 6.02. The van der Waals surface area contributed by atoms with E-state index in [1.807, 2.05) is 12.1 Å². The highest BCUT2D eigenvalue weighted by Gasteiger charge is 2.15. The minimum atomic E-state index is 0.377. The third kappa shape index (κ3) is 3.12. The topological polar surface area (TPSA) is 52.4 Å². The van der Waals surface area contributed by atoms with Gasteiger partial charge in [0.25, 0.3) is 0 Å². The lowest BCUT2D eigenvalue weighted by molar-refractivity contribution is 0.0364. The van der Waals surface area contributed by atoms with Gasteiger partial charge >= 0.3 is 0 Å². The standard InChI is InChI=1S/C14H19ClN4O2/c1-20-13-3-2-11-14(17-13)19(12(10-15)16-11)5-4-18-6-8-21-9-7-18/h2-3H,4-10H2,1H3. The van der Waals surface area contributed by atoms with Crippen molar-refractivity contribution in [2.24, 2.45) is 0 Å². The molecule has 0 saturated carbocycles. The van der Waals surface area contributed by atoms with Crippen molar-refractivity contribution < 1.29 is 9.47 Å². The lowest BCUT2D eigenvalue weighted by Gasteiger charge is -2.26. The van der Waals surface area contributed by atoms with Gasteiger partial charge in [-0.3, -0.25) is 4.90 Å². The highest BCUT2D eigenvalue weighted by atomic mass is 35.5. The summed E-state index contributed by atoms with van der Waals surface area (Å²) in [5, 5.41) is 0. The van der Waals surface area contributed by atoms with Crippen LogP contribution >= 0.6 is 11.6 Å². The summed E-state index contributed by atoms with van der Waals surface area (Å²) in [6, 6.07) is 3.74. The van der Waals surface area contributed by atoms with E-state index in [2.05, 4.69) is 19.4 Å². The quantitative estimate of drug-likeness (QED) is 0.784. The number of alkyl halides is 1. The van der Waals surface area contributed by atoms with Gasteiger partial charge in [-0.1, -0.05) is 0 Å². The Morgan fingerprint density at radius 2 is 2.05 bits per heavy atom. The van der Waals surface area contributed by atoms with Crippen LogP contribution in [0.1, 0.15) is 5.82 Å². The van der Waals surface area contributed by atoms with E-state index in [1.165, 1.54) is 0 Å². The molecule has 6 nitrogen and oxygen atoms in total. The number of hydrogen-bond acceptors (Lipinski definition) is 5. The number of methoxy groups -OCH3 is 1. The van der Waals surface area contributed by atoms with Gasteiger partial charge in [0.15, 0.2) is 5.65 Å². The summed E-state index contributed by atoms with van der Waals surface area (Å²) >= 11 is 6.02. The predicted molar refractivity (Wildman–Crippen MR) is 80.9 cm³/mol. The summed E-state index contributed by atoms with van der Waals surface area (Å²) in [4.78, 5) is 11.4. The first kappa shape index (κ1) is 14.6. The van der Waals surface area contributed by atoms with Crippen LogP contribution in [0.2, 0.25) is 0 Å². The molecule has 21 heavy (non-hydrogen) atoms. The molecule has 7 heteroatoms. The Hall–Kier alpha value is -1.37. The number of halogens is 1. The largest absolute Gasteiger partial charge is 0.481 e. The number of hydrogen-bond donors (Lipinski definition) is 0. The molecule has 0 atom stereocenters. The molecule has 2 aromatic heterocycles. The van der Waals surface area contributed by atoms with Gasteiger partial charge in [0.2, 0.25) is 5.88 Å². The molecule has 1 aliphatic heterocycles. The van der Waals surface area contributed by atoms with Crippen molar-refractivity contribution in [1.82, 2.24) is 19.4 Å². The van der Waals surface area contributed by atoms with Crippen LogP contribution in [0.4, 0.5) is 0 Å². The highest BCUT2D eigenvalue weighted by molar-refractivity contribution is 6.16. The van der Waals surface area contributed by atoms with E-state index in [1.54, 1.807) is 7.11 Å². The van der Waals surface area contributed by atoms with E-state index in [0.29, 0.717) is 11.8 Å². The molecule has 1 saturated heterocycles. The fourth-order valence-electron chi connectivity index (χ4n) is 2.55. The summed E-state index contributed by atoms with van der Waals surface area (Å²) in [7, 11) is 1.62. The molecule has 0 unspecified atom stereocenters. The Kier molecular flexibility index (Phi) is 4.57. The van der Waals surface area contributed by atoms with Gasteiger partial charge in [-0.15, -0.1) is 11.6 Å². The third-order valence-electron chi connectivity index (χ3n) is 3.72. The third-order valence-corrected chi connectivity index (χ3v) is 3.96. The first-order valence-corrected chi connectivity index (χ1v) is 7.61. The zero-order valence-electron chi connectivity index (χ0n) is 12.1. The van der Waals surface area contributed by atoms with Gasteiger partial charge < -0.3 is 14.0 Å². The van der Waals surface area contributed by atoms with Crippen molar-refractivity contribution in [2.45, 2.75) is 12.4 Å². The summed E-state index contributed by atoms with van der Waals surface area (Å²) in [5.74, 6) is 1.82. The van der Waals surface area contributed by atoms with Crippen molar-refractivity contribution in [3.8, 4) is 5.88 Å². The van der Waals surface area contributed by atoms with Crippen LogP contribution in [0.15, 0.2) is 12.1 Å². The maximum absolute atomic E-state index is 6.02. The second-order valence-electron chi connectivity index (χ2n) is 4.96. The molecule has 3 rings (SSSR count).